The maximum absolute atomic E-state index is 12.4. The second kappa shape index (κ2) is 5.25. The molecule has 5 heteroatoms. The summed E-state index contributed by atoms with van der Waals surface area (Å²) in [6.07, 6.45) is 4.06. The van der Waals surface area contributed by atoms with E-state index in [2.05, 4.69) is 10.6 Å². The SMILES string of the molecule is N[C@H]1CC[C@H](NC(=O)c2cccc3c2CC(=O)N3)CC1. The summed E-state index contributed by atoms with van der Waals surface area (Å²) in [7, 11) is 0. The van der Waals surface area contributed by atoms with E-state index >= 15 is 0 Å². The summed E-state index contributed by atoms with van der Waals surface area (Å²) in [5.74, 6) is -0.136. The lowest BCUT2D eigenvalue weighted by molar-refractivity contribution is -0.115. The lowest BCUT2D eigenvalue weighted by Gasteiger charge is -2.27. The van der Waals surface area contributed by atoms with Crippen molar-refractivity contribution in [1.82, 2.24) is 5.32 Å². The topological polar surface area (TPSA) is 84.2 Å². The van der Waals surface area contributed by atoms with Gasteiger partial charge in [0, 0.05) is 23.3 Å². The summed E-state index contributed by atoms with van der Waals surface area (Å²) in [6.45, 7) is 0. The van der Waals surface area contributed by atoms with Crippen molar-refractivity contribution in [2.24, 2.45) is 5.73 Å². The number of carbonyl (C=O) groups excluding carboxylic acids is 2. The van der Waals surface area contributed by atoms with Crippen LogP contribution in [-0.2, 0) is 11.2 Å². The third-order valence-corrected chi connectivity index (χ3v) is 4.14. The van der Waals surface area contributed by atoms with Crippen LogP contribution in [0.3, 0.4) is 0 Å². The van der Waals surface area contributed by atoms with Gasteiger partial charge in [-0.3, -0.25) is 9.59 Å². The van der Waals surface area contributed by atoms with Gasteiger partial charge in [-0.1, -0.05) is 6.07 Å². The Morgan fingerprint density at radius 3 is 2.75 bits per heavy atom. The average molecular weight is 273 g/mol. The molecule has 0 radical (unpaired) electrons. The average Bonchev–Trinajstić information content (AvgIpc) is 2.81. The van der Waals surface area contributed by atoms with E-state index in [1.54, 1.807) is 12.1 Å². The van der Waals surface area contributed by atoms with E-state index in [1.165, 1.54) is 0 Å². The second-order valence-electron chi connectivity index (χ2n) is 5.64. The zero-order valence-electron chi connectivity index (χ0n) is 11.3. The van der Waals surface area contributed by atoms with Gasteiger partial charge in [0.2, 0.25) is 5.91 Å². The zero-order valence-corrected chi connectivity index (χ0v) is 11.3. The highest BCUT2D eigenvalue weighted by atomic mass is 16.2. The van der Waals surface area contributed by atoms with Crippen LogP contribution in [0.5, 0.6) is 0 Å². The summed E-state index contributed by atoms with van der Waals surface area (Å²) in [6, 6.07) is 5.88. The van der Waals surface area contributed by atoms with Crippen LogP contribution >= 0.6 is 0 Å². The maximum atomic E-state index is 12.4. The van der Waals surface area contributed by atoms with E-state index in [0.717, 1.165) is 36.9 Å². The lowest BCUT2D eigenvalue weighted by Crippen LogP contribution is -2.40. The number of carbonyl (C=O) groups is 2. The Bertz CT molecular complexity index is 548. The smallest absolute Gasteiger partial charge is 0.251 e. The molecule has 0 unspecified atom stereocenters. The molecule has 1 heterocycles. The highest BCUT2D eigenvalue weighted by molar-refractivity contribution is 6.05. The molecule has 1 aromatic carbocycles. The molecule has 1 aliphatic heterocycles. The molecule has 2 aliphatic rings. The molecular weight excluding hydrogens is 254 g/mol. The first-order valence-corrected chi connectivity index (χ1v) is 7.11. The van der Waals surface area contributed by atoms with Gasteiger partial charge < -0.3 is 16.4 Å². The third kappa shape index (κ3) is 2.54. The fourth-order valence-electron chi connectivity index (χ4n) is 2.99. The number of hydrogen-bond acceptors (Lipinski definition) is 3. The highest BCUT2D eigenvalue weighted by Gasteiger charge is 2.25. The number of nitrogens with one attached hydrogen (secondary N) is 2. The van der Waals surface area contributed by atoms with Crippen molar-refractivity contribution in [3.8, 4) is 0 Å². The molecule has 106 valence electrons. The number of fused-ring (bicyclic) bond motifs is 1. The quantitative estimate of drug-likeness (QED) is 0.756. The molecule has 4 N–H and O–H groups in total. The minimum atomic E-state index is -0.0844. The molecular formula is C15H19N3O2. The van der Waals surface area contributed by atoms with Crippen molar-refractivity contribution < 1.29 is 9.59 Å². The molecule has 0 atom stereocenters. The van der Waals surface area contributed by atoms with E-state index in [0.29, 0.717) is 5.56 Å². The Morgan fingerprint density at radius 1 is 1.25 bits per heavy atom. The summed E-state index contributed by atoms with van der Waals surface area (Å²) < 4.78 is 0. The van der Waals surface area contributed by atoms with Crippen molar-refractivity contribution in [2.45, 2.75) is 44.2 Å². The Balaban J connectivity index is 1.72. The highest BCUT2D eigenvalue weighted by Crippen LogP contribution is 2.26. The van der Waals surface area contributed by atoms with Crippen LogP contribution in [0.4, 0.5) is 5.69 Å². The largest absolute Gasteiger partial charge is 0.349 e. The Kier molecular flexibility index (Phi) is 3.44. The number of anilines is 1. The van der Waals surface area contributed by atoms with Crippen LogP contribution < -0.4 is 16.4 Å². The first kappa shape index (κ1) is 13.1. The molecule has 0 aromatic heterocycles. The molecule has 1 saturated carbocycles. The first-order chi connectivity index (χ1) is 9.63. The fourth-order valence-corrected chi connectivity index (χ4v) is 2.99. The van der Waals surface area contributed by atoms with Gasteiger partial charge in [0.25, 0.3) is 5.91 Å². The number of nitrogens with two attached hydrogens (primary N) is 1. The van der Waals surface area contributed by atoms with Gasteiger partial charge in [-0.2, -0.15) is 0 Å². The lowest BCUT2D eigenvalue weighted by atomic mass is 9.91. The van der Waals surface area contributed by atoms with Crippen LogP contribution in [0, 0.1) is 0 Å². The van der Waals surface area contributed by atoms with Crippen molar-refractivity contribution >= 4 is 17.5 Å². The Hall–Kier alpha value is -1.88. The standard InChI is InChI=1S/C15H19N3O2/c16-9-4-6-10(7-5-9)17-15(20)11-2-1-3-13-12(11)8-14(19)18-13/h1-3,9-10H,4-8,16H2,(H,17,20)(H,18,19)/t9-,10-. The van der Waals surface area contributed by atoms with Gasteiger partial charge in [-0.05, 0) is 43.4 Å². The molecule has 1 aromatic rings. The molecule has 1 aliphatic carbocycles. The second-order valence-corrected chi connectivity index (χ2v) is 5.64. The van der Waals surface area contributed by atoms with Crippen LogP contribution in [-0.4, -0.2) is 23.9 Å². The minimum Gasteiger partial charge on any atom is -0.349 e. The first-order valence-electron chi connectivity index (χ1n) is 7.11. The minimum absolute atomic E-state index is 0.0520. The molecule has 2 amide bonds. The number of amides is 2. The summed E-state index contributed by atoms with van der Waals surface area (Å²) in [4.78, 5) is 23.8. The fraction of sp³-hybridized carbons (Fsp3) is 0.467. The van der Waals surface area contributed by atoms with Crippen molar-refractivity contribution in [3.63, 3.8) is 0 Å². The molecule has 1 fully saturated rings. The van der Waals surface area contributed by atoms with Crippen LogP contribution in [0.2, 0.25) is 0 Å². The third-order valence-electron chi connectivity index (χ3n) is 4.14. The normalized spacial score (nSPS) is 24.9. The molecule has 3 rings (SSSR count). The molecule has 0 saturated heterocycles. The summed E-state index contributed by atoms with van der Waals surface area (Å²) >= 11 is 0. The summed E-state index contributed by atoms with van der Waals surface area (Å²) in [5.41, 5.74) is 8.04. The molecule has 20 heavy (non-hydrogen) atoms. The van der Waals surface area contributed by atoms with Gasteiger partial charge >= 0.3 is 0 Å². The molecule has 0 spiro atoms. The van der Waals surface area contributed by atoms with Crippen molar-refractivity contribution in [1.29, 1.82) is 0 Å². The van der Waals surface area contributed by atoms with E-state index in [-0.39, 0.29) is 30.3 Å². The number of rotatable bonds is 2. The maximum Gasteiger partial charge on any atom is 0.251 e. The van der Waals surface area contributed by atoms with E-state index in [1.807, 2.05) is 6.07 Å². The van der Waals surface area contributed by atoms with Gasteiger partial charge in [0.05, 0.1) is 6.42 Å². The van der Waals surface area contributed by atoms with Crippen LogP contribution in [0.1, 0.15) is 41.6 Å². The van der Waals surface area contributed by atoms with Crippen LogP contribution in [0.25, 0.3) is 0 Å². The number of hydrogen-bond donors (Lipinski definition) is 3. The number of benzene rings is 1. The molecule has 0 bridgehead atoms. The Morgan fingerprint density at radius 2 is 2.00 bits per heavy atom. The van der Waals surface area contributed by atoms with Crippen molar-refractivity contribution in [2.75, 3.05) is 5.32 Å². The van der Waals surface area contributed by atoms with Gasteiger partial charge in [-0.25, -0.2) is 0 Å². The predicted octanol–water partition coefficient (Wildman–Crippen LogP) is 1.18. The van der Waals surface area contributed by atoms with Gasteiger partial charge in [0.15, 0.2) is 0 Å². The monoisotopic (exact) mass is 273 g/mol. The zero-order chi connectivity index (χ0) is 14.1. The summed E-state index contributed by atoms with van der Waals surface area (Å²) in [5, 5.41) is 5.83. The van der Waals surface area contributed by atoms with E-state index < -0.39 is 0 Å². The van der Waals surface area contributed by atoms with Crippen LogP contribution in [0.15, 0.2) is 18.2 Å². The van der Waals surface area contributed by atoms with Gasteiger partial charge in [0.1, 0.15) is 0 Å². The van der Waals surface area contributed by atoms with E-state index in [4.69, 9.17) is 5.73 Å². The van der Waals surface area contributed by atoms with Gasteiger partial charge in [-0.15, -0.1) is 0 Å². The molecule has 5 nitrogen and oxygen atoms in total. The van der Waals surface area contributed by atoms with Crippen molar-refractivity contribution in [3.05, 3.63) is 29.3 Å². The Labute approximate surface area is 117 Å². The van der Waals surface area contributed by atoms with E-state index in [9.17, 15) is 9.59 Å². The predicted molar refractivity (Wildman–Crippen MR) is 76.5 cm³/mol.